The molecule has 1 amide bonds. The van der Waals surface area contributed by atoms with Gasteiger partial charge in [-0.3, -0.25) is 9.69 Å². The van der Waals surface area contributed by atoms with Gasteiger partial charge in [0, 0.05) is 32.2 Å². The molecule has 2 heterocycles. The van der Waals surface area contributed by atoms with E-state index in [1.165, 1.54) is 12.8 Å². The summed E-state index contributed by atoms with van der Waals surface area (Å²) in [5, 5.41) is 3.23. The third-order valence-electron chi connectivity index (χ3n) is 3.90. The first kappa shape index (κ1) is 11.9. The molecule has 2 saturated heterocycles. The third-order valence-corrected chi connectivity index (χ3v) is 3.90. The number of likely N-dealkylation sites (tertiary alicyclic amines) is 1. The highest BCUT2D eigenvalue weighted by atomic mass is 16.2. The molecule has 0 unspecified atom stereocenters. The van der Waals surface area contributed by atoms with Crippen LogP contribution in [0, 0.1) is 5.92 Å². The predicted molar refractivity (Wildman–Crippen MR) is 64.3 cm³/mol. The van der Waals surface area contributed by atoms with Crippen molar-refractivity contribution in [3.8, 4) is 0 Å². The minimum absolute atomic E-state index is 0.307. The minimum Gasteiger partial charge on any atom is -0.342 e. The Balaban J connectivity index is 1.74. The van der Waals surface area contributed by atoms with Crippen molar-refractivity contribution in [1.82, 2.24) is 15.1 Å². The van der Waals surface area contributed by atoms with E-state index in [2.05, 4.69) is 24.2 Å². The Labute approximate surface area is 98.0 Å². The highest BCUT2D eigenvalue weighted by Crippen LogP contribution is 2.16. The monoisotopic (exact) mass is 225 g/mol. The second kappa shape index (κ2) is 5.15. The van der Waals surface area contributed by atoms with E-state index in [9.17, 15) is 4.79 Å². The fourth-order valence-electron chi connectivity index (χ4n) is 2.29. The summed E-state index contributed by atoms with van der Waals surface area (Å²) in [6, 6.07) is 0.563. The predicted octanol–water partition coefficient (Wildman–Crippen LogP) is 0.149. The van der Waals surface area contributed by atoms with Crippen molar-refractivity contribution in [2.24, 2.45) is 5.92 Å². The van der Waals surface area contributed by atoms with Crippen LogP contribution in [-0.4, -0.2) is 61.5 Å². The van der Waals surface area contributed by atoms with E-state index in [1.54, 1.807) is 0 Å². The average Bonchev–Trinajstić information content (AvgIpc) is 2.15. The van der Waals surface area contributed by atoms with Gasteiger partial charge in [0.05, 0.1) is 6.54 Å². The molecule has 2 fully saturated rings. The molecule has 2 aliphatic rings. The molecule has 0 spiro atoms. The Morgan fingerprint density at radius 2 is 2.00 bits per heavy atom. The zero-order valence-electron chi connectivity index (χ0n) is 10.4. The van der Waals surface area contributed by atoms with Crippen LogP contribution in [0.2, 0.25) is 0 Å². The van der Waals surface area contributed by atoms with Crippen LogP contribution in [0.25, 0.3) is 0 Å². The van der Waals surface area contributed by atoms with Gasteiger partial charge in [-0.2, -0.15) is 0 Å². The normalized spacial score (nSPS) is 23.6. The van der Waals surface area contributed by atoms with E-state index in [0.717, 1.165) is 32.1 Å². The molecule has 0 atom stereocenters. The number of hydrogen-bond donors (Lipinski definition) is 1. The van der Waals surface area contributed by atoms with Gasteiger partial charge in [-0.05, 0) is 25.8 Å². The van der Waals surface area contributed by atoms with Crippen LogP contribution in [0.15, 0.2) is 0 Å². The number of rotatable bonds is 3. The zero-order chi connectivity index (χ0) is 11.5. The van der Waals surface area contributed by atoms with Crippen molar-refractivity contribution in [3.63, 3.8) is 0 Å². The fraction of sp³-hybridized carbons (Fsp3) is 0.917. The van der Waals surface area contributed by atoms with Crippen molar-refractivity contribution < 1.29 is 4.79 Å². The number of carbonyl (C=O) groups is 1. The lowest BCUT2D eigenvalue weighted by molar-refractivity contribution is -0.134. The molecule has 92 valence electrons. The molecular weight excluding hydrogens is 202 g/mol. The first-order valence-corrected chi connectivity index (χ1v) is 6.35. The summed E-state index contributed by atoms with van der Waals surface area (Å²) in [6.45, 7) is 6.82. The van der Waals surface area contributed by atoms with Crippen molar-refractivity contribution in [2.75, 3.05) is 39.8 Å². The summed E-state index contributed by atoms with van der Waals surface area (Å²) >= 11 is 0. The molecule has 0 radical (unpaired) electrons. The fourth-order valence-corrected chi connectivity index (χ4v) is 2.29. The van der Waals surface area contributed by atoms with Gasteiger partial charge in [0.1, 0.15) is 0 Å². The Morgan fingerprint density at radius 1 is 1.38 bits per heavy atom. The highest BCUT2D eigenvalue weighted by molar-refractivity contribution is 5.78. The van der Waals surface area contributed by atoms with Gasteiger partial charge >= 0.3 is 0 Å². The molecule has 4 heteroatoms. The Bertz CT molecular complexity index is 245. The quantitative estimate of drug-likeness (QED) is 0.742. The van der Waals surface area contributed by atoms with Gasteiger partial charge < -0.3 is 10.2 Å². The lowest BCUT2D eigenvalue weighted by Gasteiger charge is -2.37. The second-order valence-corrected chi connectivity index (χ2v) is 5.29. The first-order valence-electron chi connectivity index (χ1n) is 6.35. The summed E-state index contributed by atoms with van der Waals surface area (Å²) in [6.07, 6.45) is 2.33. The Hall–Kier alpha value is -0.610. The topological polar surface area (TPSA) is 35.6 Å². The highest BCUT2D eigenvalue weighted by Gasteiger charge is 2.26. The van der Waals surface area contributed by atoms with Crippen LogP contribution in [0.1, 0.15) is 19.8 Å². The van der Waals surface area contributed by atoms with Crippen molar-refractivity contribution in [1.29, 1.82) is 0 Å². The Kier molecular flexibility index (Phi) is 3.82. The van der Waals surface area contributed by atoms with Crippen LogP contribution in [0.5, 0.6) is 0 Å². The van der Waals surface area contributed by atoms with Gasteiger partial charge in [-0.25, -0.2) is 0 Å². The van der Waals surface area contributed by atoms with Crippen LogP contribution in [0.3, 0.4) is 0 Å². The van der Waals surface area contributed by atoms with E-state index in [1.807, 2.05) is 4.90 Å². The second-order valence-electron chi connectivity index (χ2n) is 5.29. The molecule has 0 aromatic rings. The third kappa shape index (κ3) is 2.74. The number of carbonyl (C=O) groups excluding carboxylic acids is 1. The number of amides is 1. The molecule has 0 aliphatic carbocycles. The summed E-state index contributed by atoms with van der Waals surface area (Å²) in [7, 11) is 2.05. The summed E-state index contributed by atoms with van der Waals surface area (Å²) in [5.74, 6) is 1.10. The van der Waals surface area contributed by atoms with Gasteiger partial charge in [-0.1, -0.05) is 6.92 Å². The SMILES string of the molecule is CC1CCN(C(=O)CN(C)C2CNC2)CC1. The molecule has 0 saturated carbocycles. The molecule has 2 rings (SSSR count). The molecule has 4 nitrogen and oxygen atoms in total. The van der Waals surface area contributed by atoms with Crippen molar-refractivity contribution in [3.05, 3.63) is 0 Å². The van der Waals surface area contributed by atoms with Crippen LogP contribution < -0.4 is 5.32 Å². The van der Waals surface area contributed by atoms with Crippen molar-refractivity contribution in [2.45, 2.75) is 25.8 Å². The molecule has 0 aromatic heterocycles. The molecular formula is C12H23N3O. The largest absolute Gasteiger partial charge is 0.342 e. The van der Waals surface area contributed by atoms with E-state index in [0.29, 0.717) is 18.5 Å². The number of piperidine rings is 1. The van der Waals surface area contributed by atoms with Crippen LogP contribution >= 0.6 is 0 Å². The number of likely N-dealkylation sites (N-methyl/N-ethyl adjacent to an activating group) is 1. The smallest absolute Gasteiger partial charge is 0.236 e. The number of nitrogens with one attached hydrogen (secondary N) is 1. The first-order chi connectivity index (χ1) is 7.66. The number of nitrogens with zero attached hydrogens (tertiary/aromatic N) is 2. The molecule has 0 bridgehead atoms. The molecule has 2 aliphatic heterocycles. The molecule has 0 aromatic carbocycles. The van der Waals surface area contributed by atoms with Crippen LogP contribution in [-0.2, 0) is 4.79 Å². The Morgan fingerprint density at radius 3 is 2.50 bits per heavy atom. The summed E-state index contributed by atoms with van der Waals surface area (Å²) < 4.78 is 0. The van der Waals surface area contributed by atoms with Gasteiger partial charge in [0.2, 0.25) is 5.91 Å². The standard InChI is InChI=1S/C12H23N3O/c1-10-3-5-15(6-4-10)12(16)9-14(2)11-7-13-8-11/h10-11,13H,3-9H2,1-2H3. The van der Waals surface area contributed by atoms with E-state index in [4.69, 9.17) is 0 Å². The number of hydrogen-bond acceptors (Lipinski definition) is 3. The van der Waals surface area contributed by atoms with Gasteiger partial charge in [0.15, 0.2) is 0 Å². The average molecular weight is 225 g/mol. The lowest BCUT2D eigenvalue weighted by Crippen LogP contribution is -2.58. The maximum Gasteiger partial charge on any atom is 0.236 e. The minimum atomic E-state index is 0.307. The lowest BCUT2D eigenvalue weighted by atomic mass is 9.99. The maximum absolute atomic E-state index is 12.0. The van der Waals surface area contributed by atoms with E-state index < -0.39 is 0 Å². The maximum atomic E-state index is 12.0. The zero-order valence-corrected chi connectivity index (χ0v) is 10.4. The van der Waals surface area contributed by atoms with Gasteiger partial charge in [0.25, 0.3) is 0 Å². The van der Waals surface area contributed by atoms with E-state index >= 15 is 0 Å². The molecule has 16 heavy (non-hydrogen) atoms. The van der Waals surface area contributed by atoms with Crippen molar-refractivity contribution >= 4 is 5.91 Å². The molecule has 1 N–H and O–H groups in total. The summed E-state index contributed by atoms with van der Waals surface area (Å²) in [5.41, 5.74) is 0. The van der Waals surface area contributed by atoms with E-state index in [-0.39, 0.29) is 0 Å². The summed E-state index contributed by atoms with van der Waals surface area (Å²) in [4.78, 5) is 16.2. The van der Waals surface area contributed by atoms with Crippen LogP contribution in [0.4, 0.5) is 0 Å². The van der Waals surface area contributed by atoms with Gasteiger partial charge in [-0.15, -0.1) is 0 Å².